The van der Waals surface area contributed by atoms with Crippen LogP contribution in [-0.2, 0) is 16.0 Å². The van der Waals surface area contributed by atoms with Crippen molar-refractivity contribution >= 4 is 23.2 Å². The van der Waals surface area contributed by atoms with Gasteiger partial charge in [-0.15, -0.1) is 11.3 Å². The number of hydrogen-bond acceptors (Lipinski definition) is 3. The van der Waals surface area contributed by atoms with E-state index in [1.54, 1.807) is 18.4 Å². The molecule has 1 aromatic carbocycles. The first-order valence-corrected chi connectivity index (χ1v) is 11.0. The number of piperidine rings is 1. The molecule has 1 aliphatic heterocycles. The number of amides is 2. The van der Waals surface area contributed by atoms with Crippen LogP contribution in [0.3, 0.4) is 0 Å². The van der Waals surface area contributed by atoms with Crippen molar-refractivity contribution < 1.29 is 9.59 Å². The van der Waals surface area contributed by atoms with E-state index >= 15 is 0 Å². The third-order valence-electron chi connectivity index (χ3n) is 6.30. The normalized spacial score (nSPS) is 26.7. The third kappa shape index (κ3) is 3.72. The van der Waals surface area contributed by atoms with Crippen LogP contribution in [0.15, 0.2) is 41.8 Å². The minimum atomic E-state index is -0.547. The fourth-order valence-electron chi connectivity index (χ4n) is 4.56. The molecule has 4 nitrogen and oxygen atoms in total. The Morgan fingerprint density at radius 2 is 2.11 bits per heavy atom. The van der Waals surface area contributed by atoms with E-state index in [0.717, 1.165) is 31.4 Å². The Morgan fingerprint density at radius 1 is 1.29 bits per heavy atom. The molecule has 0 bridgehead atoms. The molecule has 5 heteroatoms. The number of rotatable bonds is 5. The van der Waals surface area contributed by atoms with Gasteiger partial charge in [0.1, 0.15) is 0 Å². The molecule has 2 fully saturated rings. The summed E-state index contributed by atoms with van der Waals surface area (Å²) in [7, 11) is 1.70. The lowest BCUT2D eigenvalue weighted by molar-refractivity contribution is -0.142. The van der Waals surface area contributed by atoms with Crippen LogP contribution >= 0.6 is 11.3 Å². The zero-order chi connectivity index (χ0) is 19.7. The highest BCUT2D eigenvalue weighted by atomic mass is 32.1. The lowest BCUT2D eigenvalue weighted by Crippen LogP contribution is -2.54. The van der Waals surface area contributed by atoms with Crippen molar-refractivity contribution in [3.8, 4) is 10.4 Å². The Bertz CT molecular complexity index is 863. The van der Waals surface area contributed by atoms with E-state index in [0.29, 0.717) is 18.9 Å². The molecule has 1 saturated carbocycles. The molecule has 1 saturated heterocycles. The molecule has 148 valence electrons. The van der Waals surface area contributed by atoms with Crippen LogP contribution < -0.4 is 5.32 Å². The van der Waals surface area contributed by atoms with Gasteiger partial charge in [-0.05, 0) is 54.2 Å². The fourth-order valence-corrected chi connectivity index (χ4v) is 5.29. The molecular formula is C23H28N2O2S. The van der Waals surface area contributed by atoms with Crippen molar-refractivity contribution in [3.05, 3.63) is 47.3 Å². The van der Waals surface area contributed by atoms with Gasteiger partial charge < -0.3 is 10.2 Å². The van der Waals surface area contributed by atoms with Crippen molar-refractivity contribution in [1.82, 2.24) is 10.2 Å². The van der Waals surface area contributed by atoms with Gasteiger partial charge in [-0.1, -0.05) is 37.3 Å². The minimum Gasteiger partial charge on any atom is -0.359 e. The zero-order valence-corrected chi connectivity index (χ0v) is 17.4. The number of hydrogen-bond donors (Lipinski definition) is 1. The molecule has 28 heavy (non-hydrogen) atoms. The molecular weight excluding hydrogens is 368 g/mol. The lowest BCUT2D eigenvalue weighted by atomic mass is 9.74. The summed E-state index contributed by atoms with van der Waals surface area (Å²) >= 11 is 1.72. The Labute approximate surface area is 170 Å². The predicted molar refractivity (Wildman–Crippen MR) is 113 cm³/mol. The molecule has 2 aromatic rings. The average Bonchev–Trinajstić information content (AvgIpc) is 3.20. The Balaban J connectivity index is 1.58. The van der Waals surface area contributed by atoms with Crippen molar-refractivity contribution in [2.45, 2.75) is 32.6 Å². The topological polar surface area (TPSA) is 49.4 Å². The van der Waals surface area contributed by atoms with Crippen LogP contribution in [0.25, 0.3) is 10.4 Å². The second kappa shape index (κ2) is 7.70. The highest BCUT2D eigenvalue weighted by molar-refractivity contribution is 7.13. The van der Waals surface area contributed by atoms with E-state index in [1.807, 2.05) is 4.90 Å². The standard InChI is InChI=1S/C23H28N2O2S/c1-16-12-19(16)21(26)25-10-5-9-23(15-25,22(27)24-2)14-17-6-3-7-18(13-17)20-8-4-11-28-20/h3-4,6-8,11,13,16,19H,5,9-10,12,14-15H2,1-2H3,(H,24,27). The summed E-state index contributed by atoms with van der Waals surface area (Å²) in [5.41, 5.74) is 1.80. The predicted octanol–water partition coefficient (Wildman–Crippen LogP) is 3.97. The highest BCUT2D eigenvalue weighted by Crippen LogP contribution is 2.42. The van der Waals surface area contributed by atoms with E-state index in [1.165, 1.54) is 10.4 Å². The maximum atomic E-state index is 13.0. The van der Waals surface area contributed by atoms with Crippen molar-refractivity contribution in [2.24, 2.45) is 17.3 Å². The largest absolute Gasteiger partial charge is 0.359 e. The molecule has 0 spiro atoms. The molecule has 2 amide bonds. The Kier molecular flexibility index (Phi) is 5.28. The van der Waals surface area contributed by atoms with Gasteiger partial charge in [-0.25, -0.2) is 0 Å². The summed E-state index contributed by atoms with van der Waals surface area (Å²) in [5.74, 6) is 0.956. The van der Waals surface area contributed by atoms with Crippen LogP contribution in [0.1, 0.15) is 31.7 Å². The third-order valence-corrected chi connectivity index (χ3v) is 7.22. The number of carbonyl (C=O) groups is 2. The summed E-state index contributed by atoms with van der Waals surface area (Å²) in [5, 5.41) is 4.96. The second-order valence-electron chi connectivity index (χ2n) is 8.40. The van der Waals surface area contributed by atoms with E-state index in [4.69, 9.17) is 0 Å². The summed E-state index contributed by atoms with van der Waals surface area (Å²) in [4.78, 5) is 29.0. The molecule has 3 unspecified atom stereocenters. The molecule has 0 radical (unpaired) electrons. The first kappa shape index (κ1) is 19.2. The van der Waals surface area contributed by atoms with Crippen LogP contribution in [0, 0.1) is 17.3 Å². The van der Waals surface area contributed by atoms with Gasteiger partial charge in [0.05, 0.1) is 5.41 Å². The van der Waals surface area contributed by atoms with Crippen molar-refractivity contribution in [2.75, 3.05) is 20.1 Å². The smallest absolute Gasteiger partial charge is 0.228 e. The van der Waals surface area contributed by atoms with E-state index < -0.39 is 5.41 Å². The van der Waals surface area contributed by atoms with E-state index in [-0.39, 0.29) is 17.7 Å². The van der Waals surface area contributed by atoms with Crippen LogP contribution in [0.4, 0.5) is 0 Å². The number of likely N-dealkylation sites (tertiary alicyclic amines) is 1. The maximum Gasteiger partial charge on any atom is 0.228 e. The van der Waals surface area contributed by atoms with Crippen LogP contribution in [-0.4, -0.2) is 36.9 Å². The zero-order valence-electron chi connectivity index (χ0n) is 16.6. The summed E-state index contributed by atoms with van der Waals surface area (Å²) in [6.45, 7) is 3.43. The van der Waals surface area contributed by atoms with Gasteiger partial charge in [-0.2, -0.15) is 0 Å². The van der Waals surface area contributed by atoms with Gasteiger partial charge in [0.15, 0.2) is 0 Å². The lowest BCUT2D eigenvalue weighted by Gasteiger charge is -2.42. The van der Waals surface area contributed by atoms with Crippen molar-refractivity contribution in [1.29, 1.82) is 0 Å². The van der Waals surface area contributed by atoms with Crippen LogP contribution in [0.5, 0.6) is 0 Å². The molecule has 4 rings (SSSR count). The Morgan fingerprint density at radius 3 is 2.79 bits per heavy atom. The molecule has 1 aliphatic carbocycles. The summed E-state index contributed by atoms with van der Waals surface area (Å²) in [6, 6.07) is 12.7. The Hall–Kier alpha value is -2.14. The molecule has 1 N–H and O–H groups in total. The average molecular weight is 397 g/mol. The summed E-state index contributed by atoms with van der Waals surface area (Å²) < 4.78 is 0. The number of thiophene rings is 1. The fraction of sp³-hybridized carbons (Fsp3) is 0.478. The maximum absolute atomic E-state index is 13.0. The van der Waals surface area contributed by atoms with Crippen molar-refractivity contribution in [3.63, 3.8) is 0 Å². The SMILES string of the molecule is CNC(=O)C1(Cc2cccc(-c3cccs3)c2)CCCN(C(=O)C2CC2C)C1. The van der Waals surface area contributed by atoms with Gasteiger partial charge in [0, 0.05) is 30.9 Å². The first-order chi connectivity index (χ1) is 13.5. The number of benzene rings is 1. The van der Waals surface area contributed by atoms with Crippen LogP contribution in [0.2, 0.25) is 0 Å². The molecule has 2 aliphatic rings. The van der Waals surface area contributed by atoms with Gasteiger partial charge >= 0.3 is 0 Å². The van der Waals surface area contributed by atoms with Gasteiger partial charge in [-0.3, -0.25) is 9.59 Å². The number of nitrogens with zero attached hydrogens (tertiary/aromatic N) is 1. The minimum absolute atomic E-state index is 0.0513. The second-order valence-corrected chi connectivity index (χ2v) is 9.34. The van der Waals surface area contributed by atoms with Gasteiger partial charge in [0.2, 0.25) is 11.8 Å². The molecule has 1 aromatic heterocycles. The van der Waals surface area contributed by atoms with E-state index in [9.17, 15) is 9.59 Å². The monoisotopic (exact) mass is 396 g/mol. The van der Waals surface area contributed by atoms with Gasteiger partial charge in [0.25, 0.3) is 0 Å². The quantitative estimate of drug-likeness (QED) is 0.831. The van der Waals surface area contributed by atoms with E-state index in [2.05, 4.69) is 54.0 Å². The highest BCUT2D eigenvalue weighted by Gasteiger charge is 2.47. The molecule has 3 atom stereocenters. The first-order valence-electron chi connectivity index (χ1n) is 10.2. The number of carbonyl (C=O) groups excluding carboxylic acids is 2. The number of nitrogens with one attached hydrogen (secondary N) is 1. The summed E-state index contributed by atoms with van der Waals surface area (Å²) in [6.07, 6.45) is 3.35. The molecule has 2 heterocycles.